The maximum atomic E-state index is 14.6. The van der Waals surface area contributed by atoms with Crippen LogP contribution in [0.15, 0.2) is 71.2 Å². The van der Waals surface area contributed by atoms with Gasteiger partial charge in [-0.3, -0.25) is 9.59 Å². The van der Waals surface area contributed by atoms with Gasteiger partial charge < -0.3 is 23.8 Å². The molecule has 9 heteroatoms. The Kier molecular flexibility index (Phi) is 7.30. The molecule has 2 aliphatic heterocycles. The number of nitrogens with zero attached hydrogens (tertiary/aromatic N) is 2. The number of hydrogen-bond donors (Lipinski definition) is 0. The number of fused-ring (bicyclic) bond motifs is 3. The Bertz CT molecular complexity index is 1560. The number of Topliss-reactive ketones (excluding diaryl/α,β-unsaturated/α-hetero) is 1. The number of methoxy groups -OCH3 is 4. The van der Waals surface area contributed by atoms with Crippen molar-refractivity contribution >= 4 is 39.4 Å². The highest BCUT2D eigenvalue weighted by Crippen LogP contribution is 2.57. The number of ether oxygens (including phenoxy) is 4. The summed E-state index contributed by atoms with van der Waals surface area (Å²) >= 11 is 3.49. The molecule has 5 rings (SSSR count). The highest BCUT2D eigenvalue weighted by atomic mass is 79.9. The molecule has 0 saturated carbocycles. The van der Waals surface area contributed by atoms with Gasteiger partial charge in [-0.2, -0.15) is 5.26 Å². The fraction of sp³-hybridized carbons (Fsp3) is 0.258. The van der Waals surface area contributed by atoms with E-state index in [1.165, 1.54) is 21.3 Å². The molecule has 0 aliphatic carbocycles. The number of esters is 1. The van der Waals surface area contributed by atoms with Crippen LogP contribution in [0.2, 0.25) is 0 Å². The molecular formula is C31H27BrN2O6. The van der Waals surface area contributed by atoms with E-state index < -0.39 is 29.4 Å². The molecular weight excluding hydrogens is 576 g/mol. The first kappa shape index (κ1) is 27.3. The standard InChI is InChI=1S/C31H27BrN2O6/c1-37-23-12-10-20(15-21(23)32)29(35)28-27(19-9-13-24(38-2)25(16-19)39-3)31(17-33,30(36)40-4)26-14-11-18-7-5-6-8-22(18)34(26)28/h5-16,26-28H,1-4H3. The van der Waals surface area contributed by atoms with Gasteiger partial charge in [0.05, 0.1) is 45.0 Å². The number of halogens is 1. The van der Waals surface area contributed by atoms with Crippen LogP contribution >= 0.6 is 15.9 Å². The van der Waals surface area contributed by atoms with Crippen LogP contribution in [-0.4, -0.2) is 52.3 Å². The van der Waals surface area contributed by atoms with Gasteiger partial charge >= 0.3 is 5.97 Å². The summed E-state index contributed by atoms with van der Waals surface area (Å²) in [6, 6.07) is 18.5. The third-order valence-corrected chi connectivity index (χ3v) is 8.34. The minimum absolute atomic E-state index is 0.265. The normalized spacial score (nSPS) is 22.5. The van der Waals surface area contributed by atoms with Crippen LogP contribution in [-0.2, 0) is 9.53 Å². The van der Waals surface area contributed by atoms with Gasteiger partial charge in [0, 0.05) is 17.2 Å². The second-order valence-electron chi connectivity index (χ2n) is 9.49. The summed E-state index contributed by atoms with van der Waals surface area (Å²) in [6.45, 7) is 0. The summed E-state index contributed by atoms with van der Waals surface area (Å²) in [7, 11) is 5.84. The van der Waals surface area contributed by atoms with Crippen molar-refractivity contribution in [1.82, 2.24) is 0 Å². The first-order valence-electron chi connectivity index (χ1n) is 12.5. The number of rotatable bonds is 7. The Labute approximate surface area is 240 Å². The molecule has 0 N–H and O–H groups in total. The minimum Gasteiger partial charge on any atom is -0.496 e. The Morgan fingerprint density at radius 1 is 0.925 bits per heavy atom. The van der Waals surface area contributed by atoms with Gasteiger partial charge in [-0.25, -0.2) is 0 Å². The van der Waals surface area contributed by atoms with Crippen molar-refractivity contribution in [2.24, 2.45) is 5.41 Å². The fourth-order valence-corrected chi connectivity index (χ4v) is 6.49. The van der Waals surface area contributed by atoms with Crippen molar-refractivity contribution in [3.8, 4) is 23.3 Å². The zero-order chi connectivity index (χ0) is 28.6. The summed E-state index contributed by atoms with van der Waals surface area (Å²) in [5, 5.41) is 10.8. The van der Waals surface area contributed by atoms with Crippen LogP contribution in [0, 0.1) is 16.7 Å². The summed E-state index contributed by atoms with van der Waals surface area (Å²) in [4.78, 5) is 30.2. The topological polar surface area (TPSA) is 98.1 Å². The van der Waals surface area contributed by atoms with Crippen LogP contribution in [0.5, 0.6) is 17.2 Å². The monoisotopic (exact) mass is 602 g/mol. The summed E-state index contributed by atoms with van der Waals surface area (Å²) < 4.78 is 22.3. The van der Waals surface area contributed by atoms with Gasteiger partial charge in [-0.15, -0.1) is 0 Å². The zero-order valence-electron chi connectivity index (χ0n) is 22.4. The van der Waals surface area contributed by atoms with Crippen LogP contribution in [0.4, 0.5) is 5.69 Å². The van der Waals surface area contributed by atoms with Crippen LogP contribution in [0.1, 0.15) is 27.4 Å². The van der Waals surface area contributed by atoms with E-state index in [0.29, 0.717) is 32.8 Å². The predicted molar refractivity (Wildman–Crippen MR) is 153 cm³/mol. The number of carbonyl (C=O) groups excluding carboxylic acids is 2. The molecule has 3 aromatic rings. The van der Waals surface area contributed by atoms with E-state index in [1.54, 1.807) is 43.5 Å². The molecule has 0 spiro atoms. The zero-order valence-corrected chi connectivity index (χ0v) is 24.0. The Balaban J connectivity index is 1.81. The smallest absolute Gasteiger partial charge is 0.329 e. The average Bonchev–Trinajstić information content (AvgIpc) is 3.31. The molecule has 204 valence electrons. The fourth-order valence-electron chi connectivity index (χ4n) is 5.95. The lowest BCUT2D eigenvalue weighted by atomic mass is 9.68. The van der Waals surface area contributed by atoms with E-state index >= 15 is 0 Å². The number of hydrogen-bond acceptors (Lipinski definition) is 8. The first-order valence-corrected chi connectivity index (χ1v) is 13.3. The van der Waals surface area contributed by atoms with Crippen LogP contribution < -0.4 is 19.1 Å². The first-order chi connectivity index (χ1) is 19.4. The Morgan fingerprint density at radius 2 is 1.62 bits per heavy atom. The molecule has 2 heterocycles. The molecule has 0 radical (unpaired) electrons. The molecule has 1 saturated heterocycles. The molecule has 8 nitrogen and oxygen atoms in total. The molecule has 1 fully saturated rings. The second-order valence-corrected chi connectivity index (χ2v) is 10.3. The van der Waals surface area contributed by atoms with Gasteiger partial charge in [0.15, 0.2) is 22.7 Å². The molecule has 2 aliphatic rings. The lowest BCUT2D eigenvalue weighted by Crippen LogP contribution is -2.46. The van der Waals surface area contributed by atoms with Gasteiger partial charge in [-0.05, 0) is 63.5 Å². The minimum atomic E-state index is -1.76. The van der Waals surface area contributed by atoms with Crippen molar-refractivity contribution in [3.05, 3.63) is 87.9 Å². The molecule has 3 aromatic carbocycles. The van der Waals surface area contributed by atoms with Crippen molar-refractivity contribution in [2.75, 3.05) is 33.3 Å². The summed E-state index contributed by atoms with van der Waals surface area (Å²) in [5.74, 6) is -0.451. The number of para-hydroxylation sites is 1. The molecule has 0 aromatic heterocycles. The van der Waals surface area contributed by atoms with Crippen LogP contribution in [0.25, 0.3) is 6.08 Å². The van der Waals surface area contributed by atoms with Crippen molar-refractivity contribution in [2.45, 2.75) is 18.0 Å². The van der Waals surface area contributed by atoms with E-state index in [0.717, 1.165) is 11.3 Å². The number of carbonyl (C=O) groups is 2. The molecule has 0 amide bonds. The maximum absolute atomic E-state index is 14.6. The molecule has 4 atom stereocenters. The van der Waals surface area contributed by atoms with Crippen molar-refractivity contribution < 1.29 is 28.5 Å². The SMILES string of the molecule is COC(=O)C1(C#N)C(c2ccc(OC)c(OC)c2)C(C(=O)c2ccc(OC)c(Br)c2)N2c3ccccc3C=CC21. The van der Waals surface area contributed by atoms with E-state index in [1.807, 2.05) is 41.3 Å². The van der Waals surface area contributed by atoms with Gasteiger partial charge in [0.2, 0.25) is 0 Å². The van der Waals surface area contributed by atoms with E-state index in [4.69, 9.17) is 18.9 Å². The molecule has 4 unspecified atom stereocenters. The number of anilines is 1. The highest BCUT2D eigenvalue weighted by molar-refractivity contribution is 9.10. The van der Waals surface area contributed by atoms with Gasteiger partial charge in [-0.1, -0.05) is 36.4 Å². The summed E-state index contributed by atoms with van der Waals surface area (Å²) in [5.41, 5.74) is 0.815. The maximum Gasteiger partial charge on any atom is 0.329 e. The van der Waals surface area contributed by atoms with Crippen LogP contribution in [0.3, 0.4) is 0 Å². The summed E-state index contributed by atoms with van der Waals surface area (Å²) in [6.07, 6.45) is 3.70. The number of benzene rings is 3. The third kappa shape index (κ3) is 4.02. The molecule has 0 bridgehead atoms. The average molecular weight is 603 g/mol. The van der Waals surface area contributed by atoms with E-state index in [-0.39, 0.29) is 5.78 Å². The quantitative estimate of drug-likeness (QED) is 0.261. The van der Waals surface area contributed by atoms with Crippen molar-refractivity contribution in [1.29, 1.82) is 5.26 Å². The number of nitriles is 1. The Hall–Kier alpha value is -4.29. The lowest BCUT2D eigenvalue weighted by molar-refractivity contribution is -0.150. The predicted octanol–water partition coefficient (Wildman–Crippen LogP) is 5.41. The van der Waals surface area contributed by atoms with E-state index in [9.17, 15) is 14.9 Å². The largest absolute Gasteiger partial charge is 0.496 e. The Morgan fingerprint density at radius 3 is 2.27 bits per heavy atom. The number of ketones is 1. The second kappa shape index (κ2) is 10.7. The lowest BCUT2D eigenvalue weighted by Gasteiger charge is -2.36. The van der Waals surface area contributed by atoms with Gasteiger partial charge in [0.1, 0.15) is 11.8 Å². The van der Waals surface area contributed by atoms with Crippen molar-refractivity contribution in [3.63, 3.8) is 0 Å². The molecule has 40 heavy (non-hydrogen) atoms. The van der Waals surface area contributed by atoms with Gasteiger partial charge in [0.25, 0.3) is 0 Å². The van der Waals surface area contributed by atoms with E-state index in [2.05, 4.69) is 22.0 Å². The highest BCUT2D eigenvalue weighted by Gasteiger charge is 2.67. The third-order valence-electron chi connectivity index (χ3n) is 7.73.